The van der Waals surface area contributed by atoms with Crippen molar-refractivity contribution >= 4 is 11.9 Å². The molecule has 1 heterocycles. The lowest BCUT2D eigenvalue weighted by Crippen LogP contribution is -2.43. The van der Waals surface area contributed by atoms with E-state index < -0.39 is 0 Å². The first-order chi connectivity index (χ1) is 11.7. The number of nitrogens with one attached hydrogen (secondary N) is 2. The summed E-state index contributed by atoms with van der Waals surface area (Å²) in [6.07, 6.45) is 5.26. The van der Waals surface area contributed by atoms with E-state index in [9.17, 15) is 9.59 Å². The molecule has 1 aromatic rings. The molecule has 1 aromatic carbocycles. The van der Waals surface area contributed by atoms with Gasteiger partial charge in [0.1, 0.15) is 0 Å². The Morgan fingerprint density at radius 2 is 2.17 bits per heavy atom. The third-order valence-corrected chi connectivity index (χ3v) is 5.95. The highest BCUT2D eigenvalue weighted by Gasteiger charge is 2.56. The monoisotopic (exact) mass is 327 g/mol. The maximum absolute atomic E-state index is 12.4. The largest absolute Gasteiger partial charge is 0.354 e. The van der Waals surface area contributed by atoms with E-state index in [4.69, 9.17) is 0 Å². The highest BCUT2D eigenvalue weighted by atomic mass is 16.2. The van der Waals surface area contributed by atoms with Crippen molar-refractivity contribution in [3.05, 3.63) is 35.4 Å². The molecule has 5 nitrogen and oxygen atoms in total. The Labute approximate surface area is 142 Å². The van der Waals surface area contributed by atoms with Gasteiger partial charge in [-0.2, -0.15) is 0 Å². The molecule has 4 rings (SSSR count). The number of nitrogens with zero attached hydrogens (tertiary/aromatic N) is 1. The van der Waals surface area contributed by atoms with E-state index in [1.807, 2.05) is 0 Å². The average Bonchev–Trinajstić information content (AvgIpc) is 3.33. The molecule has 3 amide bonds. The van der Waals surface area contributed by atoms with Gasteiger partial charge in [-0.25, -0.2) is 4.79 Å². The number of hydrogen-bond acceptors (Lipinski definition) is 2. The number of rotatable bonds is 2. The summed E-state index contributed by atoms with van der Waals surface area (Å²) >= 11 is 0. The summed E-state index contributed by atoms with van der Waals surface area (Å²) < 4.78 is 0. The van der Waals surface area contributed by atoms with Crippen molar-refractivity contribution < 1.29 is 9.59 Å². The van der Waals surface area contributed by atoms with Crippen molar-refractivity contribution in [2.75, 3.05) is 26.2 Å². The Morgan fingerprint density at radius 1 is 1.29 bits per heavy atom. The first-order valence-electron chi connectivity index (χ1n) is 9.07. The lowest BCUT2D eigenvalue weighted by atomic mass is 9.78. The van der Waals surface area contributed by atoms with Gasteiger partial charge < -0.3 is 15.5 Å². The second-order valence-electron chi connectivity index (χ2n) is 7.34. The Hall–Kier alpha value is -2.04. The molecule has 1 saturated carbocycles. The molecule has 0 aromatic heterocycles. The zero-order chi connectivity index (χ0) is 16.6. The van der Waals surface area contributed by atoms with Crippen LogP contribution in [0.4, 0.5) is 4.79 Å². The predicted octanol–water partition coefficient (Wildman–Crippen LogP) is 1.81. The molecule has 128 valence electrons. The third kappa shape index (κ3) is 2.76. The van der Waals surface area contributed by atoms with E-state index >= 15 is 0 Å². The van der Waals surface area contributed by atoms with E-state index in [1.54, 1.807) is 4.90 Å². The van der Waals surface area contributed by atoms with Gasteiger partial charge in [-0.3, -0.25) is 4.79 Å². The number of hydrogen-bond donors (Lipinski definition) is 2. The SMILES string of the molecule is O=C1CCN(C(=O)NC[C@H]2C[C@@]23CCCc2ccccc23)CCN1. The molecule has 24 heavy (non-hydrogen) atoms. The second kappa shape index (κ2) is 6.11. The lowest BCUT2D eigenvalue weighted by Gasteiger charge is -2.27. The van der Waals surface area contributed by atoms with Crippen molar-refractivity contribution in [1.29, 1.82) is 0 Å². The summed E-state index contributed by atoms with van der Waals surface area (Å²) in [5.74, 6) is 0.583. The van der Waals surface area contributed by atoms with Crippen LogP contribution in [-0.4, -0.2) is 43.0 Å². The molecular weight excluding hydrogens is 302 g/mol. The molecule has 1 saturated heterocycles. The smallest absolute Gasteiger partial charge is 0.317 e. The minimum absolute atomic E-state index is 0.0300. The third-order valence-electron chi connectivity index (χ3n) is 5.95. The first kappa shape index (κ1) is 15.5. The molecule has 0 radical (unpaired) electrons. The maximum Gasteiger partial charge on any atom is 0.317 e. The van der Waals surface area contributed by atoms with Crippen LogP contribution in [0.5, 0.6) is 0 Å². The molecule has 0 unspecified atom stereocenters. The number of benzene rings is 1. The van der Waals surface area contributed by atoms with Crippen LogP contribution in [0.25, 0.3) is 0 Å². The van der Waals surface area contributed by atoms with Crippen LogP contribution < -0.4 is 10.6 Å². The number of aryl methyl sites for hydroxylation is 1. The van der Waals surface area contributed by atoms with Gasteiger partial charge in [0, 0.05) is 38.0 Å². The molecule has 1 aliphatic heterocycles. The van der Waals surface area contributed by atoms with Crippen molar-refractivity contribution in [2.45, 2.75) is 37.5 Å². The van der Waals surface area contributed by atoms with E-state index in [-0.39, 0.29) is 11.9 Å². The second-order valence-corrected chi connectivity index (χ2v) is 7.34. The molecule has 2 atom stereocenters. The van der Waals surface area contributed by atoms with Crippen LogP contribution in [0, 0.1) is 5.92 Å². The Bertz CT molecular complexity index is 660. The Kier molecular flexibility index (Phi) is 3.94. The molecule has 5 heteroatoms. The van der Waals surface area contributed by atoms with Gasteiger partial charge in [-0.1, -0.05) is 24.3 Å². The molecule has 2 fully saturated rings. The van der Waals surface area contributed by atoms with Gasteiger partial charge in [0.15, 0.2) is 0 Å². The number of carbonyl (C=O) groups is 2. The summed E-state index contributed by atoms with van der Waals surface area (Å²) in [6.45, 7) is 2.39. The standard InChI is InChI=1S/C19H25N3O2/c23-17-7-10-22(11-9-20-17)18(24)21-13-15-12-19(15)8-3-5-14-4-1-2-6-16(14)19/h1-2,4,6,15H,3,5,7-13H2,(H,20,23)(H,21,24)/t15-,19+/m1/s1. The normalized spacial score (nSPS) is 28.8. The number of amides is 3. The fourth-order valence-electron chi connectivity index (χ4n) is 4.53. The van der Waals surface area contributed by atoms with Crippen LogP contribution >= 0.6 is 0 Å². The molecule has 2 N–H and O–H groups in total. The number of fused-ring (bicyclic) bond motifs is 2. The average molecular weight is 327 g/mol. The van der Waals surface area contributed by atoms with E-state index in [0.717, 1.165) is 6.54 Å². The Balaban J connectivity index is 1.35. The molecule has 3 aliphatic rings. The summed E-state index contributed by atoms with van der Waals surface area (Å²) in [7, 11) is 0. The van der Waals surface area contributed by atoms with Crippen molar-refractivity contribution in [1.82, 2.24) is 15.5 Å². The summed E-state index contributed by atoms with van der Waals surface area (Å²) in [4.78, 5) is 25.5. The number of urea groups is 1. The van der Waals surface area contributed by atoms with Gasteiger partial charge in [-0.05, 0) is 42.7 Å². The quantitative estimate of drug-likeness (QED) is 0.870. The van der Waals surface area contributed by atoms with Crippen molar-refractivity contribution in [3.63, 3.8) is 0 Å². The van der Waals surface area contributed by atoms with E-state index in [2.05, 4.69) is 34.9 Å². The first-order valence-corrected chi connectivity index (χ1v) is 9.07. The van der Waals surface area contributed by atoms with Crippen molar-refractivity contribution in [3.8, 4) is 0 Å². The minimum Gasteiger partial charge on any atom is -0.354 e. The highest BCUT2D eigenvalue weighted by Crippen LogP contribution is 2.59. The zero-order valence-electron chi connectivity index (χ0n) is 14.0. The molecule has 2 aliphatic carbocycles. The zero-order valence-corrected chi connectivity index (χ0v) is 14.0. The number of carbonyl (C=O) groups excluding carboxylic acids is 2. The van der Waals surface area contributed by atoms with Crippen LogP contribution in [0.2, 0.25) is 0 Å². The van der Waals surface area contributed by atoms with Gasteiger partial charge in [0.05, 0.1) is 0 Å². The molecule has 0 bridgehead atoms. The predicted molar refractivity (Wildman–Crippen MR) is 91.8 cm³/mol. The fourth-order valence-corrected chi connectivity index (χ4v) is 4.53. The van der Waals surface area contributed by atoms with Crippen molar-refractivity contribution in [2.24, 2.45) is 5.92 Å². The van der Waals surface area contributed by atoms with Gasteiger partial charge in [0.25, 0.3) is 0 Å². The lowest BCUT2D eigenvalue weighted by molar-refractivity contribution is -0.120. The summed E-state index contributed by atoms with van der Waals surface area (Å²) in [5.41, 5.74) is 3.31. The van der Waals surface area contributed by atoms with E-state index in [1.165, 1.54) is 36.8 Å². The minimum atomic E-state index is -0.0300. The van der Waals surface area contributed by atoms with Crippen LogP contribution in [0.1, 0.15) is 36.8 Å². The summed E-state index contributed by atoms with van der Waals surface area (Å²) in [5, 5.41) is 5.91. The molecular formula is C19H25N3O2. The molecule has 1 spiro atoms. The van der Waals surface area contributed by atoms with Crippen LogP contribution in [0.15, 0.2) is 24.3 Å². The fraction of sp³-hybridized carbons (Fsp3) is 0.579. The van der Waals surface area contributed by atoms with E-state index in [0.29, 0.717) is 37.4 Å². The summed E-state index contributed by atoms with van der Waals surface area (Å²) in [6, 6.07) is 8.78. The van der Waals surface area contributed by atoms with Crippen LogP contribution in [0.3, 0.4) is 0 Å². The highest BCUT2D eigenvalue weighted by molar-refractivity contribution is 5.79. The Morgan fingerprint density at radius 3 is 3.08 bits per heavy atom. The topological polar surface area (TPSA) is 61.4 Å². The maximum atomic E-state index is 12.4. The van der Waals surface area contributed by atoms with Gasteiger partial charge in [-0.15, -0.1) is 0 Å². The van der Waals surface area contributed by atoms with Crippen LogP contribution in [-0.2, 0) is 16.6 Å². The van der Waals surface area contributed by atoms with Gasteiger partial charge >= 0.3 is 6.03 Å². The van der Waals surface area contributed by atoms with Gasteiger partial charge in [0.2, 0.25) is 5.91 Å².